The Hall–Kier alpha value is -1.11. The van der Waals surface area contributed by atoms with Crippen molar-refractivity contribution in [2.75, 3.05) is 18.9 Å². The molecule has 0 spiro atoms. The van der Waals surface area contributed by atoms with Crippen LogP contribution in [0.3, 0.4) is 0 Å². The number of nitrogens with one attached hydrogen (secondary N) is 1. The molecule has 0 bridgehead atoms. The molecule has 0 atom stereocenters. The number of rotatable bonds is 4. The van der Waals surface area contributed by atoms with Gasteiger partial charge in [-0.05, 0) is 53.3 Å². The molecule has 4 nitrogen and oxygen atoms in total. The van der Waals surface area contributed by atoms with Crippen LogP contribution in [0.25, 0.3) is 0 Å². The Balaban J connectivity index is 2.54. The molecule has 1 aromatic carbocycles. The predicted molar refractivity (Wildman–Crippen MR) is 80.3 cm³/mol. The number of unbranched alkanes of at least 4 members (excludes halogenated alkanes) is 1. The molecule has 1 aromatic rings. The zero-order chi connectivity index (χ0) is 13.5. The second kappa shape index (κ2) is 7.35. The van der Waals surface area contributed by atoms with E-state index in [2.05, 4.69) is 27.9 Å². The summed E-state index contributed by atoms with van der Waals surface area (Å²) in [6, 6.07) is 7.31. The van der Waals surface area contributed by atoms with Gasteiger partial charge in [-0.2, -0.15) is 0 Å². The van der Waals surface area contributed by atoms with Gasteiger partial charge in [0.2, 0.25) is 0 Å². The number of carbonyl (C=O) groups is 2. The summed E-state index contributed by atoms with van der Waals surface area (Å²) in [5.74, 6) is -1.09. The first-order valence-corrected chi connectivity index (χ1v) is 6.94. The fourth-order valence-corrected chi connectivity index (χ4v) is 1.75. The molecule has 98 valence electrons. The fourth-order valence-electron chi connectivity index (χ4n) is 1.39. The summed E-state index contributed by atoms with van der Waals surface area (Å²) in [6.45, 7) is 2.65. The Morgan fingerprint density at radius 1 is 1.28 bits per heavy atom. The minimum Gasteiger partial charge on any atom is -0.338 e. The quantitative estimate of drug-likeness (QED) is 0.663. The lowest BCUT2D eigenvalue weighted by molar-refractivity contribution is -0.142. The molecular weight excluding hydrogens is 343 g/mol. The summed E-state index contributed by atoms with van der Waals surface area (Å²) in [4.78, 5) is 24.9. The summed E-state index contributed by atoms with van der Waals surface area (Å²) < 4.78 is 1.08. The molecule has 0 saturated carbocycles. The van der Waals surface area contributed by atoms with Crippen molar-refractivity contribution in [3.8, 4) is 0 Å². The highest BCUT2D eigenvalue weighted by Gasteiger charge is 2.17. The number of hydrogen-bond donors (Lipinski definition) is 1. The summed E-state index contributed by atoms with van der Waals surface area (Å²) in [6.07, 6.45) is 1.90. The number of benzene rings is 1. The van der Waals surface area contributed by atoms with Crippen molar-refractivity contribution in [1.29, 1.82) is 0 Å². The van der Waals surface area contributed by atoms with Gasteiger partial charge in [0.05, 0.1) is 0 Å². The lowest BCUT2D eigenvalue weighted by atomic mass is 10.3. The van der Waals surface area contributed by atoms with Gasteiger partial charge < -0.3 is 10.2 Å². The zero-order valence-corrected chi connectivity index (χ0v) is 12.7. The Bertz CT molecular complexity index is 418. The molecule has 0 aliphatic rings. The van der Waals surface area contributed by atoms with Crippen LogP contribution in [0.5, 0.6) is 0 Å². The average molecular weight is 360 g/mol. The minimum atomic E-state index is -0.588. The van der Waals surface area contributed by atoms with Crippen LogP contribution in [0, 0.1) is 3.57 Å². The van der Waals surface area contributed by atoms with Gasteiger partial charge in [-0.3, -0.25) is 9.59 Å². The highest BCUT2D eigenvalue weighted by atomic mass is 127. The van der Waals surface area contributed by atoms with Crippen LogP contribution in [-0.4, -0.2) is 30.3 Å². The molecule has 2 amide bonds. The van der Waals surface area contributed by atoms with Crippen LogP contribution in [0.2, 0.25) is 0 Å². The standard InChI is InChI=1S/C13H17IN2O2/c1-3-4-9-16(2)13(18)12(17)15-11-7-5-10(14)6-8-11/h5-8H,3-4,9H2,1-2H3,(H,15,17). The topological polar surface area (TPSA) is 49.4 Å². The van der Waals surface area contributed by atoms with E-state index in [4.69, 9.17) is 0 Å². The number of nitrogens with zero attached hydrogens (tertiary/aromatic N) is 1. The van der Waals surface area contributed by atoms with Crippen molar-refractivity contribution < 1.29 is 9.59 Å². The van der Waals surface area contributed by atoms with E-state index in [1.807, 2.05) is 19.1 Å². The van der Waals surface area contributed by atoms with E-state index in [1.54, 1.807) is 19.2 Å². The van der Waals surface area contributed by atoms with Gasteiger partial charge in [0.25, 0.3) is 0 Å². The molecule has 18 heavy (non-hydrogen) atoms. The van der Waals surface area contributed by atoms with Crippen molar-refractivity contribution in [2.24, 2.45) is 0 Å². The van der Waals surface area contributed by atoms with Gasteiger partial charge in [-0.1, -0.05) is 13.3 Å². The number of hydrogen-bond acceptors (Lipinski definition) is 2. The normalized spacial score (nSPS) is 9.94. The molecule has 0 fully saturated rings. The molecule has 0 radical (unpaired) electrons. The summed E-state index contributed by atoms with van der Waals surface area (Å²) in [5, 5.41) is 2.59. The maximum absolute atomic E-state index is 11.7. The Morgan fingerprint density at radius 3 is 2.44 bits per heavy atom. The average Bonchev–Trinajstić information content (AvgIpc) is 2.37. The van der Waals surface area contributed by atoms with E-state index >= 15 is 0 Å². The molecule has 0 aliphatic carbocycles. The van der Waals surface area contributed by atoms with Crippen molar-refractivity contribution in [3.63, 3.8) is 0 Å². The van der Waals surface area contributed by atoms with Gasteiger partial charge in [-0.15, -0.1) is 0 Å². The van der Waals surface area contributed by atoms with Crippen LogP contribution < -0.4 is 5.32 Å². The van der Waals surface area contributed by atoms with Crippen LogP contribution in [0.1, 0.15) is 19.8 Å². The van der Waals surface area contributed by atoms with Crippen LogP contribution in [-0.2, 0) is 9.59 Å². The SMILES string of the molecule is CCCCN(C)C(=O)C(=O)Nc1ccc(I)cc1. The molecule has 1 rings (SSSR count). The first-order valence-electron chi connectivity index (χ1n) is 5.86. The third-order valence-corrected chi connectivity index (χ3v) is 3.21. The monoisotopic (exact) mass is 360 g/mol. The number of anilines is 1. The second-order valence-corrected chi connectivity index (χ2v) is 5.29. The van der Waals surface area contributed by atoms with E-state index in [-0.39, 0.29) is 0 Å². The fraction of sp³-hybridized carbons (Fsp3) is 0.385. The van der Waals surface area contributed by atoms with E-state index in [0.29, 0.717) is 12.2 Å². The second-order valence-electron chi connectivity index (χ2n) is 4.04. The molecule has 0 aromatic heterocycles. The van der Waals surface area contributed by atoms with Gasteiger partial charge >= 0.3 is 11.8 Å². The third-order valence-electron chi connectivity index (χ3n) is 2.49. The number of carbonyl (C=O) groups excluding carboxylic acids is 2. The molecule has 0 heterocycles. The molecule has 0 unspecified atom stereocenters. The molecular formula is C13H17IN2O2. The number of likely N-dealkylation sites (N-methyl/N-ethyl adjacent to an activating group) is 1. The minimum absolute atomic E-state index is 0.498. The maximum Gasteiger partial charge on any atom is 0.313 e. The summed E-state index contributed by atoms with van der Waals surface area (Å²) >= 11 is 2.18. The molecule has 0 saturated heterocycles. The van der Waals surface area contributed by atoms with Gasteiger partial charge in [0.1, 0.15) is 0 Å². The van der Waals surface area contributed by atoms with Crippen molar-refractivity contribution in [1.82, 2.24) is 4.90 Å². The van der Waals surface area contributed by atoms with Crippen molar-refractivity contribution in [3.05, 3.63) is 27.8 Å². The summed E-state index contributed by atoms with van der Waals surface area (Å²) in [7, 11) is 1.64. The number of amides is 2. The lowest BCUT2D eigenvalue weighted by Crippen LogP contribution is -2.37. The molecule has 5 heteroatoms. The van der Waals surface area contributed by atoms with Crippen LogP contribution in [0.4, 0.5) is 5.69 Å². The highest BCUT2D eigenvalue weighted by Crippen LogP contribution is 2.11. The highest BCUT2D eigenvalue weighted by molar-refractivity contribution is 14.1. The Morgan fingerprint density at radius 2 is 1.89 bits per heavy atom. The van der Waals surface area contributed by atoms with Gasteiger partial charge in [-0.25, -0.2) is 0 Å². The van der Waals surface area contributed by atoms with Crippen LogP contribution >= 0.6 is 22.6 Å². The maximum atomic E-state index is 11.7. The van der Waals surface area contributed by atoms with Crippen molar-refractivity contribution in [2.45, 2.75) is 19.8 Å². The Kier molecular flexibility index (Phi) is 6.11. The summed E-state index contributed by atoms with van der Waals surface area (Å²) in [5.41, 5.74) is 0.637. The van der Waals surface area contributed by atoms with E-state index in [1.165, 1.54) is 4.90 Å². The molecule has 1 N–H and O–H groups in total. The van der Waals surface area contributed by atoms with Gasteiger partial charge in [0, 0.05) is 22.8 Å². The lowest BCUT2D eigenvalue weighted by Gasteiger charge is -2.16. The first kappa shape index (κ1) is 14.9. The van der Waals surface area contributed by atoms with Gasteiger partial charge in [0.15, 0.2) is 0 Å². The van der Waals surface area contributed by atoms with Crippen LogP contribution in [0.15, 0.2) is 24.3 Å². The predicted octanol–water partition coefficient (Wildman–Crippen LogP) is 2.49. The van der Waals surface area contributed by atoms with E-state index < -0.39 is 11.8 Å². The largest absolute Gasteiger partial charge is 0.338 e. The van der Waals surface area contributed by atoms with E-state index in [0.717, 1.165) is 16.4 Å². The molecule has 0 aliphatic heterocycles. The number of halogens is 1. The smallest absolute Gasteiger partial charge is 0.313 e. The van der Waals surface area contributed by atoms with Crippen molar-refractivity contribution >= 4 is 40.1 Å². The first-order chi connectivity index (χ1) is 8.54. The Labute approximate surface area is 121 Å². The third kappa shape index (κ3) is 4.64. The van der Waals surface area contributed by atoms with E-state index in [9.17, 15) is 9.59 Å². The zero-order valence-electron chi connectivity index (χ0n) is 10.6.